The first kappa shape index (κ1) is 28.1. The highest BCUT2D eigenvalue weighted by Crippen LogP contribution is 2.54. The summed E-state index contributed by atoms with van der Waals surface area (Å²) in [6.07, 6.45) is 0. The molecule has 4 aromatic rings. The van der Waals surface area contributed by atoms with Crippen LogP contribution in [0.5, 0.6) is 34.5 Å². The van der Waals surface area contributed by atoms with Crippen LogP contribution in [0.2, 0.25) is 0 Å². The monoisotopic (exact) mass is 546 g/mol. The van der Waals surface area contributed by atoms with E-state index in [0.29, 0.717) is 33.8 Å². The summed E-state index contributed by atoms with van der Waals surface area (Å²) in [6, 6.07) is 13.4. The molecule has 0 aliphatic carbocycles. The lowest BCUT2D eigenvalue weighted by Crippen LogP contribution is -2.15. The number of hydrogen-bond acceptors (Lipinski definition) is 9. The second-order valence-electron chi connectivity index (χ2n) is 8.70. The van der Waals surface area contributed by atoms with E-state index in [0.717, 1.165) is 0 Å². The minimum Gasteiger partial charge on any atom is -0.506 e. The van der Waals surface area contributed by atoms with Crippen molar-refractivity contribution in [2.24, 2.45) is 0 Å². The van der Waals surface area contributed by atoms with Gasteiger partial charge in [0.1, 0.15) is 5.75 Å². The number of esters is 1. The number of aryl methyl sites for hydroxylation is 1. The Morgan fingerprint density at radius 1 is 0.675 bits per heavy atom. The van der Waals surface area contributed by atoms with Gasteiger partial charge in [0.15, 0.2) is 28.8 Å². The highest BCUT2D eigenvalue weighted by molar-refractivity contribution is 6.25. The molecule has 1 N–H and O–H groups in total. The van der Waals surface area contributed by atoms with Gasteiger partial charge in [-0.2, -0.15) is 0 Å². The molecule has 0 radical (unpaired) electrons. The fraction of sp³-hybridized carbons (Fsp3) is 0.226. The Balaban J connectivity index is 2.36. The zero-order chi connectivity index (χ0) is 29.1. The van der Waals surface area contributed by atoms with Crippen LogP contribution in [0, 0.1) is 6.92 Å². The van der Waals surface area contributed by atoms with Gasteiger partial charge in [-0.15, -0.1) is 0 Å². The van der Waals surface area contributed by atoms with Crippen molar-refractivity contribution >= 4 is 22.5 Å². The molecule has 4 rings (SSSR count). The number of carbonyl (C=O) groups excluding carboxylic acids is 2. The van der Waals surface area contributed by atoms with Gasteiger partial charge in [0.2, 0.25) is 5.75 Å². The molecule has 0 saturated carbocycles. The van der Waals surface area contributed by atoms with E-state index in [4.69, 9.17) is 28.4 Å². The maximum atomic E-state index is 14.0. The number of benzene rings is 4. The van der Waals surface area contributed by atoms with Crippen LogP contribution in [0.1, 0.15) is 31.8 Å². The highest BCUT2D eigenvalue weighted by atomic mass is 16.5. The molecule has 208 valence electrons. The van der Waals surface area contributed by atoms with Crippen molar-refractivity contribution < 1.29 is 43.1 Å². The zero-order valence-electron chi connectivity index (χ0n) is 23.3. The Morgan fingerprint density at radius 2 is 1.30 bits per heavy atom. The van der Waals surface area contributed by atoms with Crippen molar-refractivity contribution in [3.05, 3.63) is 70.8 Å². The first-order chi connectivity index (χ1) is 19.3. The second-order valence-corrected chi connectivity index (χ2v) is 8.70. The summed E-state index contributed by atoms with van der Waals surface area (Å²) in [6.45, 7) is 1.72. The summed E-state index contributed by atoms with van der Waals surface area (Å²) in [4.78, 5) is 27.6. The summed E-state index contributed by atoms with van der Waals surface area (Å²) in [5.41, 5.74) is 1.08. The molecule has 0 aliphatic heterocycles. The van der Waals surface area contributed by atoms with E-state index in [9.17, 15) is 14.7 Å². The topological polar surface area (TPSA) is 110 Å². The number of hydrogen-bond donors (Lipinski definition) is 1. The summed E-state index contributed by atoms with van der Waals surface area (Å²) in [5.74, 6) is -0.278. The van der Waals surface area contributed by atoms with Crippen LogP contribution in [0.3, 0.4) is 0 Å². The highest BCUT2D eigenvalue weighted by Gasteiger charge is 2.35. The van der Waals surface area contributed by atoms with E-state index in [2.05, 4.69) is 0 Å². The molecule has 0 aliphatic rings. The quantitative estimate of drug-likeness (QED) is 0.212. The standard InChI is InChI=1S/C31H30O9/c1-16-21-23(29(38-5)30(39-6)28(16)37-4)22(18-13-14-19(35-2)20(15-18)36-3)24(31(34)40-7)25(27(21)33)26(32)17-11-9-8-10-12-17/h8-15,33H,1-7H3. The van der Waals surface area contributed by atoms with Crippen molar-refractivity contribution in [2.75, 3.05) is 42.7 Å². The zero-order valence-corrected chi connectivity index (χ0v) is 23.3. The molecule has 0 fully saturated rings. The Kier molecular flexibility index (Phi) is 8.04. The van der Waals surface area contributed by atoms with Gasteiger partial charge in [0.05, 0.1) is 53.8 Å². The summed E-state index contributed by atoms with van der Waals surface area (Å²) >= 11 is 0. The lowest BCUT2D eigenvalue weighted by Gasteiger charge is -2.24. The van der Waals surface area contributed by atoms with Gasteiger partial charge < -0.3 is 33.5 Å². The number of phenols is 1. The number of carbonyl (C=O) groups is 2. The van der Waals surface area contributed by atoms with Gasteiger partial charge in [0, 0.05) is 27.5 Å². The van der Waals surface area contributed by atoms with E-state index in [1.54, 1.807) is 55.5 Å². The van der Waals surface area contributed by atoms with Crippen LogP contribution in [-0.2, 0) is 4.74 Å². The summed E-state index contributed by atoms with van der Waals surface area (Å²) < 4.78 is 33.3. The number of aromatic hydroxyl groups is 1. The van der Waals surface area contributed by atoms with Gasteiger partial charge in [-0.1, -0.05) is 36.4 Å². The van der Waals surface area contributed by atoms with E-state index in [1.807, 2.05) is 0 Å². The average molecular weight is 547 g/mol. The molecule has 4 aromatic carbocycles. The molecular weight excluding hydrogens is 516 g/mol. The predicted octanol–water partition coefficient (Wildman–Crippen LogP) is 5.58. The van der Waals surface area contributed by atoms with Crippen LogP contribution in [0.4, 0.5) is 0 Å². The third-order valence-electron chi connectivity index (χ3n) is 6.77. The maximum absolute atomic E-state index is 14.0. The molecular formula is C31H30O9. The molecule has 0 atom stereocenters. The fourth-order valence-electron chi connectivity index (χ4n) is 5.00. The number of ketones is 1. The molecule has 9 heteroatoms. The molecule has 0 heterocycles. The molecule has 0 unspecified atom stereocenters. The Bertz CT molecular complexity index is 1610. The minimum atomic E-state index is -0.837. The van der Waals surface area contributed by atoms with E-state index in [1.165, 1.54) is 42.7 Å². The number of phenolic OH excluding ortho intramolecular Hbond substituents is 1. The van der Waals surface area contributed by atoms with Crippen LogP contribution >= 0.6 is 0 Å². The Hall–Kier alpha value is -4.92. The third-order valence-corrected chi connectivity index (χ3v) is 6.77. The van der Waals surface area contributed by atoms with Crippen LogP contribution in [0.25, 0.3) is 21.9 Å². The molecule has 40 heavy (non-hydrogen) atoms. The molecule has 0 aromatic heterocycles. The van der Waals surface area contributed by atoms with Gasteiger partial charge in [-0.05, 0) is 24.6 Å². The lowest BCUT2D eigenvalue weighted by atomic mass is 9.83. The smallest absolute Gasteiger partial charge is 0.339 e. The first-order valence-electron chi connectivity index (χ1n) is 12.2. The second kappa shape index (κ2) is 11.4. The molecule has 0 amide bonds. The van der Waals surface area contributed by atoms with E-state index in [-0.39, 0.29) is 39.1 Å². The predicted molar refractivity (Wildman–Crippen MR) is 150 cm³/mol. The van der Waals surface area contributed by atoms with E-state index >= 15 is 0 Å². The Morgan fingerprint density at radius 3 is 1.85 bits per heavy atom. The molecule has 0 spiro atoms. The number of ether oxygens (including phenoxy) is 6. The normalized spacial score (nSPS) is 10.7. The SMILES string of the molecule is COC(=O)c1c(C(=O)c2ccccc2)c(O)c2c(C)c(OC)c(OC)c(OC)c2c1-c1ccc(OC)c(OC)c1. The van der Waals surface area contributed by atoms with Crippen molar-refractivity contribution in [2.45, 2.75) is 6.92 Å². The van der Waals surface area contributed by atoms with Gasteiger partial charge >= 0.3 is 5.97 Å². The van der Waals surface area contributed by atoms with Crippen LogP contribution in [0.15, 0.2) is 48.5 Å². The third kappa shape index (κ3) is 4.39. The van der Waals surface area contributed by atoms with Crippen LogP contribution < -0.4 is 23.7 Å². The van der Waals surface area contributed by atoms with Gasteiger partial charge in [0.25, 0.3) is 0 Å². The molecule has 0 saturated heterocycles. The first-order valence-corrected chi connectivity index (χ1v) is 12.2. The van der Waals surface area contributed by atoms with Crippen molar-refractivity contribution in [3.63, 3.8) is 0 Å². The maximum Gasteiger partial charge on any atom is 0.339 e. The van der Waals surface area contributed by atoms with E-state index < -0.39 is 17.5 Å². The number of fused-ring (bicyclic) bond motifs is 1. The summed E-state index contributed by atoms with van der Waals surface area (Å²) in [7, 11) is 8.55. The molecule has 0 bridgehead atoms. The summed E-state index contributed by atoms with van der Waals surface area (Å²) in [5, 5.41) is 12.4. The van der Waals surface area contributed by atoms with Gasteiger partial charge in [-0.25, -0.2) is 4.79 Å². The van der Waals surface area contributed by atoms with Crippen molar-refractivity contribution in [3.8, 4) is 45.6 Å². The van der Waals surface area contributed by atoms with Crippen LogP contribution in [-0.4, -0.2) is 59.5 Å². The van der Waals surface area contributed by atoms with Gasteiger partial charge in [-0.3, -0.25) is 4.79 Å². The lowest BCUT2D eigenvalue weighted by molar-refractivity contribution is 0.0598. The Labute approximate surface area is 231 Å². The minimum absolute atomic E-state index is 0.154. The average Bonchev–Trinajstić information content (AvgIpc) is 2.99. The molecule has 9 nitrogen and oxygen atoms in total. The fourth-order valence-corrected chi connectivity index (χ4v) is 5.00. The number of methoxy groups -OCH3 is 6. The number of rotatable bonds is 9. The largest absolute Gasteiger partial charge is 0.506 e. The van der Waals surface area contributed by atoms with Crippen molar-refractivity contribution in [1.29, 1.82) is 0 Å². The van der Waals surface area contributed by atoms with Crippen molar-refractivity contribution in [1.82, 2.24) is 0 Å².